The molecule has 0 atom stereocenters. The first kappa shape index (κ1) is 18.1. The predicted octanol–water partition coefficient (Wildman–Crippen LogP) is 1.93. The topological polar surface area (TPSA) is 93.7 Å². The predicted molar refractivity (Wildman–Crippen MR) is 100 cm³/mol. The Balaban J connectivity index is 1.42. The molecular formula is C18H22N4O4S. The van der Waals surface area contributed by atoms with Crippen molar-refractivity contribution in [2.75, 3.05) is 35.9 Å². The summed E-state index contributed by atoms with van der Waals surface area (Å²) in [5, 5.41) is 8.21. The molecule has 3 heterocycles. The Morgan fingerprint density at radius 2 is 1.81 bits per heavy atom. The monoisotopic (exact) mass is 390 g/mol. The molecule has 1 spiro atoms. The molecule has 0 amide bonds. The molecule has 2 fully saturated rings. The normalized spacial score (nSPS) is 19.4. The molecule has 9 heteroatoms. The van der Waals surface area contributed by atoms with E-state index in [2.05, 4.69) is 19.8 Å². The van der Waals surface area contributed by atoms with E-state index in [1.807, 2.05) is 13.0 Å². The van der Waals surface area contributed by atoms with Gasteiger partial charge in [-0.1, -0.05) is 12.1 Å². The van der Waals surface area contributed by atoms with Gasteiger partial charge < -0.3 is 14.4 Å². The molecule has 1 aromatic heterocycles. The van der Waals surface area contributed by atoms with E-state index >= 15 is 0 Å². The Labute approximate surface area is 158 Å². The Kier molecular flexibility index (Phi) is 4.75. The molecule has 4 rings (SSSR count). The fraction of sp³-hybridized carbons (Fsp3) is 0.444. The molecule has 2 aromatic rings. The highest BCUT2D eigenvalue weighted by Gasteiger charge is 2.40. The van der Waals surface area contributed by atoms with E-state index in [0.29, 0.717) is 19.0 Å². The summed E-state index contributed by atoms with van der Waals surface area (Å²) in [5.41, 5.74) is 0.873. The van der Waals surface area contributed by atoms with E-state index < -0.39 is 15.8 Å². The molecule has 0 saturated carbocycles. The maximum Gasteiger partial charge on any atom is 0.263 e. The zero-order valence-electron chi connectivity index (χ0n) is 15.1. The van der Waals surface area contributed by atoms with E-state index in [9.17, 15) is 8.42 Å². The second kappa shape index (κ2) is 7.06. The molecule has 27 heavy (non-hydrogen) atoms. The zero-order valence-corrected chi connectivity index (χ0v) is 15.9. The lowest BCUT2D eigenvalue weighted by Crippen LogP contribution is -2.45. The summed E-state index contributed by atoms with van der Waals surface area (Å²) < 4.78 is 38.9. The average Bonchev–Trinajstić information content (AvgIpc) is 3.11. The van der Waals surface area contributed by atoms with E-state index in [1.165, 1.54) is 0 Å². The van der Waals surface area contributed by atoms with Gasteiger partial charge in [0.1, 0.15) is 0 Å². The van der Waals surface area contributed by atoms with Crippen molar-refractivity contribution in [1.29, 1.82) is 0 Å². The van der Waals surface area contributed by atoms with Gasteiger partial charge in [-0.2, -0.15) is 0 Å². The lowest BCUT2D eigenvalue weighted by molar-refractivity contribution is -0.169. The molecular weight excluding hydrogens is 368 g/mol. The van der Waals surface area contributed by atoms with Crippen LogP contribution in [0.5, 0.6) is 0 Å². The number of sulfonamides is 1. The van der Waals surface area contributed by atoms with Gasteiger partial charge in [-0.25, -0.2) is 8.42 Å². The minimum absolute atomic E-state index is 0.191. The Morgan fingerprint density at radius 3 is 2.44 bits per heavy atom. The number of ether oxygens (including phenoxy) is 2. The van der Waals surface area contributed by atoms with Gasteiger partial charge >= 0.3 is 0 Å². The second-order valence-corrected chi connectivity index (χ2v) is 8.48. The molecule has 2 saturated heterocycles. The average molecular weight is 390 g/mol. The van der Waals surface area contributed by atoms with Crippen molar-refractivity contribution in [1.82, 2.24) is 10.2 Å². The summed E-state index contributed by atoms with van der Waals surface area (Å²) >= 11 is 0. The van der Waals surface area contributed by atoms with Crippen LogP contribution in [0, 0.1) is 6.92 Å². The van der Waals surface area contributed by atoms with Crippen molar-refractivity contribution in [2.24, 2.45) is 0 Å². The van der Waals surface area contributed by atoms with Crippen molar-refractivity contribution >= 4 is 21.7 Å². The van der Waals surface area contributed by atoms with Crippen LogP contribution in [0.3, 0.4) is 0 Å². The van der Waals surface area contributed by atoms with Gasteiger partial charge in [-0.3, -0.25) is 4.72 Å². The van der Waals surface area contributed by atoms with Gasteiger partial charge in [0.05, 0.1) is 18.1 Å². The summed E-state index contributed by atoms with van der Waals surface area (Å²) in [7, 11) is -3.69. The van der Waals surface area contributed by atoms with Gasteiger partial charge in [0.25, 0.3) is 10.0 Å². The number of aromatic nitrogens is 2. The van der Waals surface area contributed by atoms with Gasteiger partial charge in [0.15, 0.2) is 17.4 Å². The third kappa shape index (κ3) is 3.90. The Morgan fingerprint density at radius 1 is 1.07 bits per heavy atom. The first-order valence-corrected chi connectivity index (χ1v) is 10.4. The van der Waals surface area contributed by atoms with Crippen molar-refractivity contribution in [3.8, 4) is 0 Å². The SMILES string of the molecule is Cc1cccc(S(=O)(=O)Nc2ccc(N3CCC4(CC3)OCCO4)nn2)c1. The smallest absolute Gasteiger partial charge is 0.263 e. The standard InChI is InChI=1S/C18H22N4O4S/c1-14-3-2-4-15(13-14)27(23,24)21-16-5-6-17(20-19-16)22-9-7-18(8-10-22)25-11-12-26-18/h2-6,13H,7-12H2,1H3,(H,19,21). The number of piperidine rings is 1. The fourth-order valence-corrected chi connectivity index (χ4v) is 4.49. The minimum Gasteiger partial charge on any atom is -0.355 e. The molecule has 1 N–H and O–H groups in total. The maximum absolute atomic E-state index is 12.5. The van der Waals surface area contributed by atoms with Gasteiger partial charge in [0.2, 0.25) is 0 Å². The molecule has 2 aliphatic rings. The number of nitrogens with zero attached hydrogens (tertiary/aromatic N) is 3. The molecule has 144 valence electrons. The van der Waals surface area contributed by atoms with Gasteiger partial charge in [-0.05, 0) is 36.8 Å². The quantitative estimate of drug-likeness (QED) is 0.852. The first-order valence-electron chi connectivity index (χ1n) is 8.92. The van der Waals surface area contributed by atoms with E-state index in [4.69, 9.17) is 9.47 Å². The molecule has 1 aromatic carbocycles. The van der Waals surface area contributed by atoms with E-state index in [1.54, 1.807) is 30.3 Å². The van der Waals surface area contributed by atoms with Crippen LogP contribution in [0.15, 0.2) is 41.3 Å². The molecule has 0 radical (unpaired) electrons. The van der Waals surface area contributed by atoms with Crippen LogP contribution in [0.2, 0.25) is 0 Å². The highest BCUT2D eigenvalue weighted by atomic mass is 32.2. The van der Waals surface area contributed by atoms with Gasteiger partial charge in [-0.15, -0.1) is 10.2 Å². The summed E-state index contributed by atoms with van der Waals surface area (Å²) in [6.07, 6.45) is 1.55. The third-order valence-electron chi connectivity index (χ3n) is 4.85. The molecule has 0 unspecified atom stereocenters. The first-order chi connectivity index (χ1) is 13.0. The number of aryl methyl sites for hydroxylation is 1. The molecule has 2 aliphatic heterocycles. The lowest BCUT2D eigenvalue weighted by atomic mass is 10.0. The lowest BCUT2D eigenvalue weighted by Gasteiger charge is -2.37. The molecule has 0 aliphatic carbocycles. The van der Waals surface area contributed by atoms with Crippen molar-refractivity contribution < 1.29 is 17.9 Å². The number of hydrogen-bond donors (Lipinski definition) is 1. The Bertz CT molecular complexity index is 901. The number of nitrogens with one attached hydrogen (secondary N) is 1. The number of anilines is 2. The van der Waals surface area contributed by atoms with Crippen LogP contribution in [0.1, 0.15) is 18.4 Å². The number of rotatable bonds is 4. The van der Waals surface area contributed by atoms with E-state index in [0.717, 1.165) is 31.5 Å². The molecule has 8 nitrogen and oxygen atoms in total. The fourth-order valence-electron chi connectivity index (χ4n) is 3.39. The summed E-state index contributed by atoms with van der Waals surface area (Å²) in [5.74, 6) is 0.463. The zero-order chi connectivity index (χ0) is 18.9. The highest BCUT2D eigenvalue weighted by molar-refractivity contribution is 7.92. The van der Waals surface area contributed by atoms with Gasteiger partial charge in [0, 0.05) is 25.9 Å². The van der Waals surface area contributed by atoms with Crippen LogP contribution in [0.4, 0.5) is 11.6 Å². The number of benzene rings is 1. The van der Waals surface area contributed by atoms with Crippen LogP contribution in [-0.4, -0.2) is 50.7 Å². The van der Waals surface area contributed by atoms with Crippen LogP contribution < -0.4 is 9.62 Å². The largest absolute Gasteiger partial charge is 0.355 e. The third-order valence-corrected chi connectivity index (χ3v) is 6.20. The minimum atomic E-state index is -3.69. The summed E-state index contributed by atoms with van der Waals surface area (Å²) in [4.78, 5) is 2.30. The molecule has 0 bridgehead atoms. The Hall–Kier alpha value is -2.23. The van der Waals surface area contributed by atoms with Crippen molar-refractivity contribution in [3.63, 3.8) is 0 Å². The highest BCUT2D eigenvalue weighted by Crippen LogP contribution is 2.32. The summed E-state index contributed by atoms with van der Waals surface area (Å²) in [6.45, 7) is 4.65. The van der Waals surface area contributed by atoms with Crippen LogP contribution >= 0.6 is 0 Å². The van der Waals surface area contributed by atoms with Crippen molar-refractivity contribution in [3.05, 3.63) is 42.0 Å². The second-order valence-electron chi connectivity index (χ2n) is 6.79. The van der Waals surface area contributed by atoms with E-state index in [-0.39, 0.29) is 10.7 Å². The maximum atomic E-state index is 12.5. The van der Waals surface area contributed by atoms with Crippen molar-refractivity contribution in [2.45, 2.75) is 30.4 Å². The summed E-state index contributed by atoms with van der Waals surface area (Å²) in [6, 6.07) is 10.1. The number of hydrogen-bond acceptors (Lipinski definition) is 7. The van der Waals surface area contributed by atoms with Crippen LogP contribution in [-0.2, 0) is 19.5 Å². The van der Waals surface area contributed by atoms with Crippen LogP contribution in [0.25, 0.3) is 0 Å².